The molecule has 0 unspecified atom stereocenters. The van der Waals surface area contributed by atoms with Crippen molar-refractivity contribution < 1.29 is 14.0 Å². The highest BCUT2D eigenvalue weighted by Crippen LogP contribution is 2.79. The van der Waals surface area contributed by atoms with Crippen molar-refractivity contribution in [2.45, 2.75) is 19.8 Å². The average molecular weight is 297 g/mol. The van der Waals surface area contributed by atoms with E-state index < -0.39 is 5.82 Å². The quantitative estimate of drug-likeness (QED) is 0.590. The fraction of sp³-hybridized carbons (Fsp3) is 0.444. The third kappa shape index (κ3) is 1.10. The minimum absolute atomic E-state index is 0.0970. The van der Waals surface area contributed by atoms with Gasteiger partial charge in [-0.1, -0.05) is 31.2 Å². The molecule has 1 saturated heterocycles. The van der Waals surface area contributed by atoms with Crippen LogP contribution in [0.3, 0.4) is 0 Å². The van der Waals surface area contributed by atoms with E-state index in [4.69, 9.17) is 0 Å². The number of amides is 2. The summed E-state index contributed by atoms with van der Waals surface area (Å²) in [6.45, 7) is 2.11. The Bertz CT molecular complexity index is 766. The molecule has 5 rings (SSSR count). The van der Waals surface area contributed by atoms with Crippen LogP contribution in [0.4, 0.5) is 10.1 Å². The van der Waals surface area contributed by atoms with Gasteiger partial charge in [0.1, 0.15) is 5.82 Å². The van der Waals surface area contributed by atoms with Crippen molar-refractivity contribution >= 4 is 17.5 Å². The smallest absolute Gasteiger partial charge is 0.238 e. The van der Waals surface area contributed by atoms with Crippen LogP contribution in [0.1, 0.15) is 19.8 Å². The van der Waals surface area contributed by atoms with Crippen LogP contribution in [0.2, 0.25) is 0 Å². The SMILES string of the molecule is C[C@@]12C=C[C@H]([C@H]3C(=O)N(c4ccccc4F)C(=O)[C@H]31)C21CC1. The van der Waals surface area contributed by atoms with Crippen LogP contribution >= 0.6 is 0 Å². The molecule has 1 heterocycles. The van der Waals surface area contributed by atoms with E-state index in [-0.39, 0.29) is 46.1 Å². The molecule has 0 N–H and O–H groups in total. The number of carbonyl (C=O) groups excluding carboxylic acids is 2. The average Bonchev–Trinajstić information content (AvgIpc) is 3.15. The van der Waals surface area contributed by atoms with Gasteiger partial charge in [-0.25, -0.2) is 9.29 Å². The summed E-state index contributed by atoms with van der Waals surface area (Å²) in [7, 11) is 0. The highest BCUT2D eigenvalue weighted by molar-refractivity contribution is 6.23. The van der Waals surface area contributed by atoms with Gasteiger partial charge in [-0.2, -0.15) is 0 Å². The number of carbonyl (C=O) groups is 2. The minimum Gasteiger partial charge on any atom is -0.274 e. The molecular formula is C18H16FNO2. The van der Waals surface area contributed by atoms with Crippen molar-refractivity contribution in [2.75, 3.05) is 4.90 Å². The number of halogens is 1. The Morgan fingerprint density at radius 2 is 1.91 bits per heavy atom. The first-order chi connectivity index (χ1) is 10.5. The number of fused-ring (bicyclic) bond motifs is 3. The molecule has 1 aromatic rings. The molecule has 2 saturated carbocycles. The second kappa shape index (κ2) is 3.50. The van der Waals surface area contributed by atoms with E-state index in [0.29, 0.717) is 0 Å². The van der Waals surface area contributed by atoms with Crippen molar-refractivity contribution in [1.29, 1.82) is 0 Å². The lowest BCUT2D eigenvalue weighted by Gasteiger charge is -2.31. The first kappa shape index (κ1) is 12.6. The van der Waals surface area contributed by atoms with Crippen LogP contribution in [0.15, 0.2) is 36.4 Å². The topological polar surface area (TPSA) is 37.4 Å². The van der Waals surface area contributed by atoms with Crippen molar-refractivity contribution in [1.82, 2.24) is 0 Å². The Morgan fingerprint density at radius 3 is 2.55 bits per heavy atom. The Kier molecular flexibility index (Phi) is 2.00. The van der Waals surface area contributed by atoms with Crippen LogP contribution < -0.4 is 4.90 Å². The van der Waals surface area contributed by atoms with Gasteiger partial charge in [0.25, 0.3) is 0 Å². The first-order valence-electron chi connectivity index (χ1n) is 7.83. The third-order valence-electron chi connectivity index (χ3n) is 6.63. The second-order valence-corrected chi connectivity index (χ2v) is 7.29. The normalized spacial score (nSPS) is 39.9. The highest BCUT2D eigenvalue weighted by Gasteiger charge is 2.78. The van der Waals surface area contributed by atoms with Crippen LogP contribution in [0, 0.1) is 34.4 Å². The van der Waals surface area contributed by atoms with E-state index in [1.165, 1.54) is 12.1 Å². The van der Waals surface area contributed by atoms with Crippen molar-refractivity contribution in [3.63, 3.8) is 0 Å². The molecule has 1 aromatic carbocycles. The summed E-state index contributed by atoms with van der Waals surface area (Å²) in [6, 6.07) is 6.03. The molecule has 4 atom stereocenters. The van der Waals surface area contributed by atoms with E-state index in [1.807, 2.05) is 0 Å². The Hall–Kier alpha value is -1.97. The molecule has 3 aliphatic carbocycles. The van der Waals surface area contributed by atoms with E-state index in [9.17, 15) is 14.0 Å². The fourth-order valence-electron chi connectivity index (χ4n) is 5.45. The van der Waals surface area contributed by atoms with Gasteiger partial charge < -0.3 is 0 Å². The summed E-state index contributed by atoms with van der Waals surface area (Å²) in [5, 5.41) is 0. The van der Waals surface area contributed by atoms with E-state index in [1.54, 1.807) is 12.1 Å². The molecule has 112 valence electrons. The van der Waals surface area contributed by atoms with Gasteiger partial charge in [0.15, 0.2) is 0 Å². The molecule has 0 radical (unpaired) electrons. The number of nitrogens with zero attached hydrogens (tertiary/aromatic N) is 1. The molecule has 4 heteroatoms. The molecule has 3 fully saturated rings. The number of anilines is 1. The molecule has 1 aliphatic heterocycles. The summed E-state index contributed by atoms with van der Waals surface area (Å²) >= 11 is 0. The molecule has 2 amide bonds. The first-order valence-corrected chi connectivity index (χ1v) is 7.83. The molecule has 1 spiro atoms. The predicted molar refractivity (Wildman–Crippen MR) is 78.3 cm³/mol. The van der Waals surface area contributed by atoms with Crippen molar-refractivity contribution in [2.24, 2.45) is 28.6 Å². The fourth-order valence-corrected chi connectivity index (χ4v) is 5.45. The summed E-state index contributed by atoms with van der Waals surface area (Å²) in [4.78, 5) is 27.0. The van der Waals surface area contributed by atoms with Crippen molar-refractivity contribution in [3.8, 4) is 0 Å². The zero-order valence-electron chi connectivity index (χ0n) is 12.3. The van der Waals surface area contributed by atoms with Gasteiger partial charge in [0, 0.05) is 5.41 Å². The van der Waals surface area contributed by atoms with Gasteiger partial charge in [-0.15, -0.1) is 0 Å². The minimum atomic E-state index is -0.518. The number of imide groups is 1. The largest absolute Gasteiger partial charge is 0.274 e. The highest BCUT2D eigenvalue weighted by atomic mass is 19.1. The standard InChI is InChI=1S/C18H16FNO2/c1-17-7-6-10(18(17)8-9-18)13-14(17)16(22)20(15(13)21)12-5-3-2-4-11(12)19/h2-7,10,13-14H,8-9H2,1H3/t10-,13-,14+,17-/m1/s1. The Balaban J connectivity index is 1.64. The van der Waals surface area contributed by atoms with Gasteiger partial charge in [-0.3, -0.25) is 9.59 Å². The number of rotatable bonds is 1. The van der Waals surface area contributed by atoms with Crippen LogP contribution in [-0.2, 0) is 9.59 Å². The summed E-state index contributed by atoms with van der Waals surface area (Å²) in [6.07, 6.45) is 6.45. The molecule has 22 heavy (non-hydrogen) atoms. The summed E-state index contributed by atoms with van der Waals surface area (Å²) < 4.78 is 14.1. The van der Waals surface area contributed by atoms with Gasteiger partial charge in [-0.05, 0) is 36.3 Å². The van der Waals surface area contributed by atoms with Crippen LogP contribution in [0.5, 0.6) is 0 Å². The number of para-hydroxylation sites is 1. The van der Waals surface area contributed by atoms with Crippen LogP contribution in [0.25, 0.3) is 0 Å². The lowest BCUT2D eigenvalue weighted by atomic mass is 9.72. The van der Waals surface area contributed by atoms with Gasteiger partial charge >= 0.3 is 0 Å². The van der Waals surface area contributed by atoms with Crippen molar-refractivity contribution in [3.05, 3.63) is 42.2 Å². The number of allylic oxidation sites excluding steroid dienone is 2. The Morgan fingerprint density at radius 1 is 1.18 bits per heavy atom. The zero-order chi connectivity index (χ0) is 15.3. The lowest BCUT2D eigenvalue weighted by Crippen LogP contribution is -2.38. The second-order valence-electron chi connectivity index (χ2n) is 7.29. The maximum Gasteiger partial charge on any atom is 0.238 e. The molecule has 2 bridgehead atoms. The molecular weight excluding hydrogens is 281 g/mol. The third-order valence-corrected chi connectivity index (χ3v) is 6.63. The lowest BCUT2D eigenvalue weighted by molar-refractivity contribution is -0.124. The van der Waals surface area contributed by atoms with E-state index in [0.717, 1.165) is 17.7 Å². The number of benzene rings is 1. The Labute approximate surface area is 127 Å². The number of hydrogen-bond acceptors (Lipinski definition) is 2. The predicted octanol–water partition coefficient (Wildman–Crippen LogP) is 2.92. The molecule has 0 aromatic heterocycles. The van der Waals surface area contributed by atoms with Gasteiger partial charge in [0.05, 0.1) is 17.5 Å². The van der Waals surface area contributed by atoms with Gasteiger partial charge in [0.2, 0.25) is 11.8 Å². The zero-order valence-corrected chi connectivity index (χ0v) is 12.3. The van der Waals surface area contributed by atoms with Crippen LogP contribution in [-0.4, -0.2) is 11.8 Å². The molecule has 3 nitrogen and oxygen atoms in total. The maximum absolute atomic E-state index is 14.1. The van der Waals surface area contributed by atoms with E-state index in [2.05, 4.69) is 19.1 Å². The number of hydrogen-bond donors (Lipinski definition) is 0. The maximum atomic E-state index is 14.1. The monoisotopic (exact) mass is 297 g/mol. The van der Waals surface area contributed by atoms with E-state index >= 15 is 0 Å². The summed E-state index contributed by atoms with van der Waals surface area (Å²) in [5.41, 5.74) is -0.0240. The summed E-state index contributed by atoms with van der Waals surface area (Å²) in [5.74, 6) is -1.43. The molecule has 4 aliphatic rings.